The maximum absolute atomic E-state index is 11.0. The first-order chi connectivity index (χ1) is 10.1. The van der Waals surface area contributed by atoms with Gasteiger partial charge in [-0.05, 0) is 19.1 Å². The highest BCUT2D eigenvalue weighted by atomic mass is 16.6. The Morgan fingerprint density at radius 1 is 1.33 bits per heavy atom. The molecule has 1 aromatic carbocycles. The molecule has 0 spiro atoms. The number of hydrogen-bond donors (Lipinski definition) is 1. The van der Waals surface area contributed by atoms with Gasteiger partial charge in [0, 0.05) is 35.6 Å². The van der Waals surface area contributed by atoms with Crippen molar-refractivity contribution in [3.8, 4) is 0 Å². The van der Waals surface area contributed by atoms with Gasteiger partial charge in [0.1, 0.15) is 0 Å². The molecule has 3 aromatic rings. The molecule has 0 amide bonds. The molecule has 0 unspecified atom stereocenters. The number of nitro groups is 1. The van der Waals surface area contributed by atoms with E-state index in [1.165, 1.54) is 6.07 Å². The SMILES string of the molecule is Cc1cc(CNc2ccc([N+](=O)[O-])c3ccncc23)on1. The quantitative estimate of drug-likeness (QED) is 0.584. The molecule has 0 aliphatic heterocycles. The van der Waals surface area contributed by atoms with Crippen molar-refractivity contribution >= 4 is 22.1 Å². The predicted octanol–water partition coefficient (Wildman–Crippen LogP) is 3.05. The fourth-order valence-electron chi connectivity index (χ4n) is 2.17. The number of fused-ring (bicyclic) bond motifs is 1. The molecule has 1 N–H and O–H groups in total. The van der Waals surface area contributed by atoms with E-state index in [0.717, 1.165) is 11.4 Å². The number of benzene rings is 1. The van der Waals surface area contributed by atoms with Gasteiger partial charge < -0.3 is 9.84 Å². The van der Waals surface area contributed by atoms with Crippen LogP contribution in [0.5, 0.6) is 0 Å². The topological polar surface area (TPSA) is 94.1 Å². The Labute approximate surface area is 119 Å². The minimum Gasteiger partial charge on any atom is -0.377 e. The zero-order valence-electron chi connectivity index (χ0n) is 11.2. The summed E-state index contributed by atoms with van der Waals surface area (Å²) in [7, 11) is 0. The van der Waals surface area contributed by atoms with Gasteiger partial charge in [-0.1, -0.05) is 5.16 Å². The molecule has 7 nitrogen and oxygen atoms in total. The van der Waals surface area contributed by atoms with Crippen molar-refractivity contribution in [1.82, 2.24) is 10.1 Å². The Balaban J connectivity index is 1.96. The number of nitrogens with one attached hydrogen (secondary N) is 1. The number of nitro benzene ring substituents is 1. The number of rotatable bonds is 4. The second-order valence-electron chi connectivity index (χ2n) is 4.60. The summed E-state index contributed by atoms with van der Waals surface area (Å²) in [6, 6.07) is 6.62. The summed E-state index contributed by atoms with van der Waals surface area (Å²) in [4.78, 5) is 14.7. The molecule has 0 aliphatic rings. The Hall–Kier alpha value is -2.96. The maximum atomic E-state index is 11.0. The van der Waals surface area contributed by atoms with Gasteiger partial charge in [-0.25, -0.2) is 0 Å². The smallest absolute Gasteiger partial charge is 0.277 e. The lowest BCUT2D eigenvalue weighted by atomic mass is 10.1. The first kappa shape index (κ1) is 13.0. The van der Waals surface area contributed by atoms with Crippen LogP contribution in [0.3, 0.4) is 0 Å². The third-order valence-electron chi connectivity index (χ3n) is 3.12. The molecule has 0 fully saturated rings. The second kappa shape index (κ2) is 5.20. The maximum Gasteiger partial charge on any atom is 0.277 e. The third kappa shape index (κ3) is 2.53. The van der Waals surface area contributed by atoms with Crippen LogP contribution in [0.2, 0.25) is 0 Å². The average molecular weight is 284 g/mol. The largest absolute Gasteiger partial charge is 0.377 e. The molecule has 0 saturated heterocycles. The number of hydrogen-bond acceptors (Lipinski definition) is 6. The number of aryl methyl sites for hydroxylation is 1. The predicted molar refractivity (Wildman–Crippen MR) is 77.0 cm³/mol. The van der Waals surface area contributed by atoms with Gasteiger partial charge in [0.15, 0.2) is 5.76 Å². The van der Waals surface area contributed by atoms with Crippen LogP contribution in [0.15, 0.2) is 41.2 Å². The molecule has 106 valence electrons. The summed E-state index contributed by atoms with van der Waals surface area (Å²) in [5.74, 6) is 0.697. The Morgan fingerprint density at radius 3 is 2.90 bits per heavy atom. The van der Waals surface area contributed by atoms with Crippen molar-refractivity contribution in [2.75, 3.05) is 5.32 Å². The molecule has 0 atom stereocenters. The fraction of sp³-hybridized carbons (Fsp3) is 0.143. The van der Waals surface area contributed by atoms with E-state index in [4.69, 9.17) is 4.52 Å². The summed E-state index contributed by atoms with van der Waals surface area (Å²) < 4.78 is 5.12. The average Bonchev–Trinajstić information content (AvgIpc) is 2.90. The highest BCUT2D eigenvalue weighted by molar-refractivity contribution is 5.99. The number of aromatic nitrogens is 2. The molecule has 0 aliphatic carbocycles. The molecule has 0 saturated carbocycles. The highest BCUT2D eigenvalue weighted by Crippen LogP contribution is 2.30. The summed E-state index contributed by atoms with van der Waals surface area (Å²) in [6.07, 6.45) is 3.15. The number of non-ortho nitro benzene ring substituents is 1. The van der Waals surface area contributed by atoms with Gasteiger partial charge in [-0.15, -0.1) is 0 Å². The second-order valence-corrected chi connectivity index (χ2v) is 4.60. The lowest BCUT2D eigenvalue weighted by Crippen LogP contribution is -2.00. The van der Waals surface area contributed by atoms with Crippen molar-refractivity contribution in [3.05, 3.63) is 58.2 Å². The van der Waals surface area contributed by atoms with Crippen LogP contribution in [-0.4, -0.2) is 15.1 Å². The van der Waals surface area contributed by atoms with E-state index in [2.05, 4.69) is 15.5 Å². The van der Waals surface area contributed by atoms with E-state index in [9.17, 15) is 10.1 Å². The molecular weight excluding hydrogens is 272 g/mol. The molecule has 21 heavy (non-hydrogen) atoms. The molecule has 2 aromatic heterocycles. The summed E-state index contributed by atoms with van der Waals surface area (Å²) >= 11 is 0. The summed E-state index contributed by atoms with van der Waals surface area (Å²) in [5, 5.41) is 19.3. The zero-order valence-corrected chi connectivity index (χ0v) is 11.2. The van der Waals surface area contributed by atoms with Gasteiger partial charge in [0.05, 0.1) is 22.5 Å². The van der Waals surface area contributed by atoms with E-state index in [0.29, 0.717) is 23.1 Å². The van der Waals surface area contributed by atoms with Crippen molar-refractivity contribution in [3.63, 3.8) is 0 Å². The first-order valence-electron chi connectivity index (χ1n) is 6.32. The van der Waals surface area contributed by atoms with Gasteiger partial charge >= 0.3 is 0 Å². The monoisotopic (exact) mass is 284 g/mol. The first-order valence-corrected chi connectivity index (χ1v) is 6.32. The van der Waals surface area contributed by atoms with Crippen molar-refractivity contribution in [2.45, 2.75) is 13.5 Å². The van der Waals surface area contributed by atoms with Gasteiger partial charge in [0.25, 0.3) is 5.69 Å². The molecule has 0 radical (unpaired) electrons. The van der Waals surface area contributed by atoms with Crippen molar-refractivity contribution < 1.29 is 9.45 Å². The third-order valence-corrected chi connectivity index (χ3v) is 3.12. The van der Waals surface area contributed by atoms with Crippen LogP contribution in [0, 0.1) is 17.0 Å². The minimum atomic E-state index is -0.397. The number of nitrogens with zero attached hydrogens (tertiary/aromatic N) is 3. The fourth-order valence-corrected chi connectivity index (χ4v) is 2.17. The molecule has 2 heterocycles. The van der Waals surface area contributed by atoms with Crippen LogP contribution in [0.25, 0.3) is 10.8 Å². The van der Waals surface area contributed by atoms with Crippen molar-refractivity contribution in [1.29, 1.82) is 0 Å². The molecule has 0 bridgehead atoms. The van der Waals surface area contributed by atoms with E-state index < -0.39 is 4.92 Å². The van der Waals surface area contributed by atoms with E-state index in [1.807, 2.05) is 13.0 Å². The standard InChI is InChI=1S/C14H12N4O3/c1-9-6-10(21-17-9)7-16-13-2-3-14(18(19)20)11-4-5-15-8-12(11)13/h2-6,8,16H,7H2,1H3. The summed E-state index contributed by atoms with van der Waals surface area (Å²) in [6.45, 7) is 2.29. The van der Waals surface area contributed by atoms with Crippen LogP contribution in [-0.2, 0) is 6.54 Å². The normalized spacial score (nSPS) is 10.7. The van der Waals surface area contributed by atoms with Gasteiger partial charge in [-0.3, -0.25) is 15.1 Å². The summed E-state index contributed by atoms with van der Waals surface area (Å²) in [5.41, 5.74) is 1.63. The van der Waals surface area contributed by atoms with E-state index >= 15 is 0 Å². The van der Waals surface area contributed by atoms with Crippen LogP contribution >= 0.6 is 0 Å². The van der Waals surface area contributed by atoms with E-state index in [1.54, 1.807) is 24.5 Å². The number of pyridine rings is 1. The number of anilines is 1. The molecule has 3 rings (SSSR count). The van der Waals surface area contributed by atoms with Gasteiger partial charge in [-0.2, -0.15) is 0 Å². The lowest BCUT2D eigenvalue weighted by molar-refractivity contribution is -0.383. The Bertz CT molecular complexity index is 813. The Morgan fingerprint density at radius 2 is 2.19 bits per heavy atom. The minimum absolute atomic E-state index is 0.0634. The lowest BCUT2D eigenvalue weighted by Gasteiger charge is -2.08. The van der Waals surface area contributed by atoms with Gasteiger partial charge in [0.2, 0.25) is 0 Å². The molecule has 7 heteroatoms. The van der Waals surface area contributed by atoms with Crippen molar-refractivity contribution in [2.24, 2.45) is 0 Å². The highest BCUT2D eigenvalue weighted by Gasteiger charge is 2.14. The van der Waals surface area contributed by atoms with Crippen LogP contribution in [0.4, 0.5) is 11.4 Å². The zero-order chi connectivity index (χ0) is 14.8. The molecular formula is C14H12N4O3. The van der Waals surface area contributed by atoms with Crippen LogP contribution in [0.1, 0.15) is 11.5 Å². The Kier molecular flexibility index (Phi) is 3.23. The van der Waals surface area contributed by atoms with Crippen LogP contribution < -0.4 is 5.32 Å². The van der Waals surface area contributed by atoms with E-state index in [-0.39, 0.29) is 5.69 Å².